The zero-order valence-corrected chi connectivity index (χ0v) is 11.2. The van der Waals surface area contributed by atoms with Crippen LogP contribution in [0.25, 0.3) is 0 Å². The van der Waals surface area contributed by atoms with E-state index in [1.807, 2.05) is 31.3 Å². The van der Waals surface area contributed by atoms with Gasteiger partial charge < -0.3 is 5.32 Å². The third-order valence-electron chi connectivity index (χ3n) is 3.78. The smallest absolute Gasteiger partial charge is 0.248 e. The van der Waals surface area contributed by atoms with E-state index >= 15 is 0 Å². The normalized spacial score (nSPS) is 24.1. The second-order valence-electron chi connectivity index (χ2n) is 5.05. The fourth-order valence-electron chi connectivity index (χ4n) is 2.73. The van der Waals surface area contributed by atoms with E-state index in [-0.39, 0.29) is 24.8 Å². The summed E-state index contributed by atoms with van der Waals surface area (Å²) in [5, 5.41) is 3.88. The number of halogens is 3. The Morgan fingerprint density at radius 2 is 2.17 bits per heavy atom. The van der Waals surface area contributed by atoms with Crippen molar-refractivity contribution in [1.29, 1.82) is 0 Å². The molecule has 1 N–H and O–H groups in total. The fourth-order valence-corrected chi connectivity index (χ4v) is 2.95. The zero-order chi connectivity index (χ0) is 13.2. The highest BCUT2D eigenvalue weighted by Crippen LogP contribution is 2.41. The summed E-state index contributed by atoms with van der Waals surface area (Å²) in [4.78, 5) is 0. The molecule has 0 heterocycles. The minimum atomic E-state index is -2.49. The summed E-state index contributed by atoms with van der Waals surface area (Å²) in [5.74, 6) is -2.46. The van der Waals surface area contributed by atoms with Crippen LogP contribution in [-0.2, 0) is 6.42 Å². The van der Waals surface area contributed by atoms with Crippen LogP contribution >= 0.6 is 11.6 Å². The molecule has 2 rings (SSSR count). The van der Waals surface area contributed by atoms with Crippen LogP contribution < -0.4 is 5.32 Å². The molecule has 4 heteroatoms. The number of hydrogen-bond donors (Lipinski definition) is 1. The Morgan fingerprint density at radius 3 is 2.72 bits per heavy atom. The van der Waals surface area contributed by atoms with Crippen molar-refractivity contribution in [2.45, 2.75) is 37.6 Å². The molecular weight excluding hydrogens is 256 g/mol. The number of likely N-dealkylation sites (N-methyl/N-ethyl adjacent to an activating group) is 1. The summed E-state index contributed by atoms with van der Waals surface area (Å²) in [5.41, 5.74) is 1.02. The number of benzene rings is 1. The minimum Gasteiger partial charge on any atom is -0.316 e. The molecule has 2 atom stereocenters. The lowest BCUT2D eigenvalue weighted by Crippen LogP contribution is -2.35. The second kappa shape index (κ2) is 5.54. The van der Waals surface area contributed by atoms with Gasteiger partial charge in [-0.1, -0.05) is 29.8 Å². The van der Waals surface area contributed by atoms with Crippen LogP contribution in [0.1, 0.15) is 24.8 Å². The van der Waals surface area contributed by atoms with Crippen LogP contribution in [-0.4, -0.2) is 19.0 Å². The molecule has 1 aromatic rings. The molecule has 0 aromatic heterocycles. The van der Waals surface area contributed by atoms with Crippen molar-refractivity contribution >= 4 is 11.6 Å². The lowest BCUT2D eigenvalue weighted by Gasteiger charge is -2.23. The standard InChI is InChI=1S/C14H18ClF2N/c1-18-13(11-6-7-14(16,17)9-11)8-10-4-2-3-5-12(10)15/h2-5,11,13,18H,6-9H2,1H3. The van der Waals surface area contributed by atoms with E-state index in [4.69, 9.17) is 11.6 Å². The van der Waals surface area contributed by atoms with E-state index in [0.717, 1.165) is 5.56 Å². The molecule has 100 valence electrons. The van der Waals surface area contributed by atoms with E-state index in [2.05, 4.69) is 5.32 Å². The van der Waals surface area contributed by atoms with Crippen molar-refractivity contribution in [1.82, 2.24) is 5.32 Å². The Balaban J connectivity index is 2.04. The first-order valence-electron chi connectivity index (χ1n) is 6.30. The first kappa shape index (κ1) is 13.8. The number of rotatable bonds is 4. The molecule has 2 unspecified atom stereocenters. The van der Waals surface area contributed by atoms with Gasteiger partial charge in [-0.2, -0.15) is 0 Å². The molecular formula is C14H18ClF2N. The average Bonchev–Trinajstić information content (AvgIpc) is 2.68. The van der Waals surface area contributed by atoms with Crippen LogP contribution in [0, 0.1) is 5.92 Å². The Bertz CT molecular complexity index is 409. The predicted octanol–water partition coefficient (Wildman–Crippen LogP) is 3.91. The van der Waals surface area contributed by atoms with Crippen molar-refractivity contribution in [3.8, 4) is 0 Å². The van der Waals surface area contributed by atoms with Crippen LogP contribution in [0.15, 0.2) is 24.3 Å². The van der Waals surface area contributed by atoms with Gasteiger partial charge in [-0.3, -0.25) is 0 Å². The lowest BCUT2D eigenvalue weighted by atomic mass is 9.92. The first-order chi connectivity index (χ1) is 8.52. The third-order valence-corrected chi connectivity index (χ3v) is 4.15. The minimum absolute atomic E-state index is 0.0110. The maximum atomic E-state index is 13.3. The number of hydrogen-bond acceptors (Lipinski definition) is 1. The molecule has 0 radical (unpaired) electrons. The summed E-state index contributed by atoms with van der Waals surface area (Å²) in [6.45, 7) is 0. The van der Waals surface area contributed by atoms with Crippen molar-refractivity contribution in [3.05, 3.63) is 34.9 Å². The summed E-state index contributed by atoms with van der Waals surface area (Å²) < 4.78 is 26.5. The molecule has 1 saturated carbocycles. The molecule has 0 bridgehead atoms. The fraction of sp³-hybridized carbons (Fsp3) is 0.571. The van der Waals surface area contributed by atoms with Gasteiger partial charge in [0.2, 0.25) is 5.92 Å². The summed E-state index contributed by atoms with van der Waals surface area (Å²) >= 11 is 6.11. The van der Waals surface area contributed by atoms with Gasteiger partial charge in [0, 0.05) is 23.9 Å². The maximum absolute atomic E-state index is 13.3. The van der Waals surface area contributed by atoms with E-state index in [9.17, 15) is 8.78 Å². The molecule has 0 amide bonds. The molecule has 0 saturated heterocycles. The number of alkyl halides is 2. The quantitative estimate of drug-likeness (QED) is 0.877. The van der Waals surface area contributed by atoms with Gasteiger partial charge in [-0.25, -0.2) is 8.78 Å². The highest BCUT2D eigenvalue weighted by molar-refractivity contribution is 6.31. The Morgan fingerprint density at radius 1 is 1.44 bits per heavy atom. The topological polar surface area (TPSA) is 12.0 Å². The SMILES string of the molecule is CNC(Cc1ccccc1Cl)C1CCC(F)(F)C1. The molecule has 1 aromatic carbocycles. The monoisotopic (exact) mass is 273 g/mol. The molecule has 1 aliphatic carbocycles. The molecule has 18 heavy (non-hydrogen) atoms. The average molecular weight is 274 g/mol. The van der Waals surface area contributed by atoms with Gasteiger partial charge in [0.15, 0.2) is 0 Å². The van der Waals surface area contributed by atoms with Gasteiger partial charge in [0.1, 0.15) is 0 Å². The van der Waals surface area contributed by atoms with Crippen molar-refractivity contribution in [3.63, 3.8) is 0 Å². The predicted molar refractivity (Wildman–Crippen MR) is 70.3 cm³/mol. The third kappa shape index (κ3) is 3.21. The van der Waals surface area contributed by atoms with Gasteiger partial charge in [0.25, 0.3) is 0 Å². The van der Waals surface area contributed by atoms with Gasteiger partial charge in [-0.05, 0) is 37.4 Å². The highest BCUT2D eigenvalue weighted by atomic mass is 35.5. The summed E-state index contributed by atoms with van der Waals surface area (Å²) in [6.07, 6.45) is 1.29. The number of nitrogens with one attached hydrogen (secondary N) is 1. The van der Waals surface area contributed by atoms with Gasteiger partial charge >= 0.3 is 0 Å². The lowest BCUT2D eigenvalue weighted by molar-refractivity contribution is 0.00343. The second-order valence-corrected chi connectivity index (χ2v) is 5.46. The molecule has 1 aliphatic rings. The van der Waals surface area contributed by atoms with Crippen molar-refractivity contribution < 1.29 is 8.78 Å². The van der Waals surface area contributed by atoms with Crippen LogP contribution in [0.2, 0.25) is 5.02 Å². The van der Waals surface area contributed by atoms with E-state index in [1.54, 1.807) is 0 Å². The van der Waals surface area contributed by atoms with E-state index < -0.39 is 5.92 Å². The molecule has 0 spiro atoms. The van der Waals surface area contributed by atoms with Crippen molar-refractivity contribution in [2.75, 3.05) is 7.05 Å². The maximum Gasteiger partial charge on any atom is 0.248 e. The highest BCUT2D eigenvalue weighted by Gasteiger charge is 2.42. The Labute approximate surface area is 112 Å². The molecule has 0 aliphatic heterocycles. The Kier molecular flexibility index (Phi) is 4.23. The largest absolute Gasteiger partial charge is 0.316 e. The van der Waals surface area contributed by atoms with Crippen LogP contribution in [0.3, 0.4) is 0 Å². The van der Waals surface area contributed by atoms with E-state index in [0.29, 0.717) is 17.9 Å². The first-order valence-corrected chi connectivity index (χ1v) is 6.68. The summed E-state index contributed by atoms with van der Waals surface area (Å²) in [6, 6.07) is 7.67. The van der Waals surface area contributed by atoms with E-state index in [1.165, 1.54) is 0 Å². The van der Waals surface area contributed by atoms with Gasteiger partial charge in [0.05, 0.1) is 0 Å². The summed E-state index contributed by atoms with van der Waals surface area (Å²) in [7, 11) is 1.83. The zero-order valence-electron chi connectivity index (χ0n) is 10.4. The Hall–Kier alpha value is -0.670. The molecule has 1 fully saturated rings. The van der Waals surface area contributed by atoms with Crippen molar-refractivity contribution in [2.24, 2.45) is 5.92 Å². The van der Waals surface area contributed by atoms with Crippen LogP contribution in [0.5, 0.6) is 0 Å². The van der Waals surface area contributed by atoms with Crippen LogP contribution in [0.4, 0.5) is 8.78 Å². The molecule has 1 nitrogen and oxygen atoms in total. The van der Waals surface area contributed by atoms with Gasteiger partial charge in [-0.15, -0.1) is 0 Å².